The molecular weight excluding hydrogens is 392 g/mol. The maximum atomic E-state index is 4.22. The van der Waals surface area contributed by atoms with E-state index in [4.69, 9.17) is 0 Å². The molecule has 1 aliphatic rings. The second-order valence-corrected chi connectivity index (χ2v) is 7.52. The van der Waals surface area contributed by atoms with Crippen LogP contribution < -0.4 is 9.80 Å². The molecule has 1 aromatic carbocycles. The summed E-state index contributed by atoms with van der Waals surface area (Å²) < 4.78 is 2.25. The number of benzene rings is 1. The Hall–Kier alpha value is -3.24. The van der Waals surface area contributed by atoms with E-state index in [-0.39, 0.29) is 12.4 Å². The summed E-state index contributed by atoms with van der Waals surface area (Å²) in [4.78, 5) is 8.39. The van der Waals surface area contributed by atoms with E-state index in [0.717, 1.165) is 17.1 Å². The monoisotopic (exact) mass is 418 g/mol. The van der Waals surface area contributed by atoms with Gasteiger partial charge in [0, 0.05) is 66.7 Å². The highest BCUT2D eigenvalue weighted by molar-refractivity contribution is 5.85. The van der Waals surface area contributed by atoms with Gasteiger partial charge in [-0.3, -0.25) is 4.98 Å². The molecular formula is C25H27ClN4. The molecule has 3 aromatic rings. The van der Waals surface area contributed by atoms with Crippen LogP contribution >= 0.6 is 12.4 Å². The summed E-state index contributed by atoms with van der Waals surface area (Å²) in [5.41, 5.74) is 9.18. The number of rotatable bonds is 4. The van der Waals surface area contributed by atoms with Gasteiger partial charge in [0.2, 0.25) is 0 Å². The molecule has 30 heavy (non-hydrogen) atoms. The SMILES string of the molecule is C=C1C=Cc2cc(N(C)C)ccc2N1/C=C/c1cc(C)n(-c2ccncc2)c1C.Cl. The molecule has 0 saturated heterocycles. The summed E-state index contributed by atoms with van der Waals surface area (Å²) in [6.45, 7) is 8.50. The van der Waals surface area contributed by atoms with Crippen LogP contribution in [0.4, 0.5) is 11.4 Å². The smallest absolute Gasteiger partial charge is 0.0529 e. The topological polar surface area (TPSA) is 24.3 Å². The minimum absolute atomic E-state index is 0. The number of allylic oxidation sites excluding steroid dienone is 1. The van der Waals surface area contributed by atoms with Crippen molar-refractivity contribution in [1.82, 2.24) is 9.55 Å². The maximum absolute atomic E-state index is 4.22. The number of aryl methyl sites for hydroxylation is 1. The van der Waals surface area contributed by atoms with E-state index in [1.807, 2.05) is 24.5 Å². The van der Waals surface area contributed by atoms with Crippen LogP contribution in [0.25, 0.3) is 17.8 Å². The van der Waals surface area contributed by atoms with E-state index >= 15 is 0 Å². The molecule has 5 heteroatoms. The lowest BCUT2D eigenvalue weighted by molar-refractivity contribution is 0.960. The fraction of sp³-hybridized carbons (Fsp3) is 0.160. The zero-order valence-electron chi connectivity index (χ0n) is 17.8. The van der Waals surface area contributed by atoms with Gasteiger partial charge in [0.1, 0.15) is 0 Å². The van der Waals surface area contributed by atoms with Gasteiger partial charge in [-0.05, 0) is 68.0 Å². The van der Waals surface area contributed by atoms with Crippen LogP contribution in [0.1, 0.15) is 22.5 Å². The van der Waals surface area contributed by atoms with Crippen LogP contribution in [0.2, 0.25) is 0 Å². The highest BCUT2D eigenvalue weighted by Gasteiger charge is 2.16. The molecule has 0 fully saturated rings. The summed E-state index contributed by atoms with van der Waals surface area (Å²) in [6, 6.07) is 12.8. The molecule has 0 spiro atoms. The number of nitrogens with zero attached hydrogens (tertiary/aromatic N) is 4. The first-order valence-electron chi connectivity index (χ1n) is 9.71. The van der Waals surface area contributed by atoms with Gasteiger partial charge in [0.25, 0.3) is 0 Å². The van der Waals surface area contributed by atoms with Crippen molar-refractivity contribution < 1.29 is 0 Å². The van der Waals surface area contributed by atoms with E-state index < -0.39 is 0 Å². The highest BCUT2D eigenvalue weighted by Crippen LogP contribution is 2.34. The van der Waals surface area contributed by atoms with Crippen LogP contribution in [-0.2, 0) is 0 Å². The molecule has 0 radical (unpaired) electrons. The van der Waals surface area contributed by atoms with Gasteiger partial charge >= 0.3 is 0 Å². The molecule has 0 saturated carbocycles. The van der Waals surface area contributed by atoms with E-state index in [9.17, 15) is 0 Å². The molecule has 1 aliphatic heterocycles. The fourth-order valence-corrected chi connectivity index (χ4v) is 3.77. The van der Waals surface area contributed by atoms with Gasteiger partial charge in [-0.2, -0.15) is 0 Å². The number of hydrogen-bond donors (Lipinski definition) is 0. The molecule has 0 amide bonds. The van der Waals surface area contributed by atoms with Gasteiger partial charge in [-0.1, -0.05) is 12.7 Å². The zero-order chi connectivity index (χ0) is 20.5. The average Bonchev–Trinajstić information content (AvgIpc) is 3.00. The Bertz CT molecular complexity index is 1120. The second kappa shape index (κ2) is 8.64. The Morgan fingerprint density at radius 3 is 2.43 bits per heavy atom. The standard InChI is InChI=1S/C25H26N4.ClH/c1-18-6-7-22-17-24(27(4)5)8-9-25(22)28(18)15-12-21-16-19(2)29(20(21)3)23-10-13-26-14-11-23;/h6-17H,1H2,2-5H3;1H/b15-12+;. The van der Waals surface area contributed by atoms with Gasteiger partial charge in [0.05, 0.1) is 5.69 Å². The first-order valence-corrected chi connectivity index (χ1v) is 9.71. The normalized spacial score (nSPS) is 12.8. The number of aromatic nitrogens is 2. The molecule has 3 heterocycles. The van der Waals surface area contributed by atoms with Crippen molar-refractivity contribution in [3.63, 3.8) is 0 Å². The minimum atomic E-state index is 0. The van der Waals surface area contributed by atoms with Crippen molar-refractivity contribution >= 4 is 35.9 Å². The summed E-state index contributed by atoms with van der Waals surface area (Å²) in [5.74, 6) is 0. The van der Waals surface area contributed by atoms with Gasteiger partial charge < -0.3 is 14.4 Å². The van der Waals surface area contributed by atoms with Crippen LogP contribution in [0.3, 0.4) is 0 Å². The van der Waals surface area contributed by atoms with Crippen molar-refractivity contribution in [2.45, 2.75) is 13.8 Å². The summed E-state index contributed by atoms with van der Waals surface area (Å²) in [6.07, 6.45) is 12.1. The molecule has 0 aliphatic carbocycles. The van der Waals surface area contributed by atoms with E-state index in [2.05, 4.69) is 103 Å². The lowest BCUT2D eigenvalue weighted by Crippen LogP contribution is -2.17. The first-order chi connectivity index (χ1) is 14.0. The minimum Gasteiger partial charge on any atom is -0.378 e. The average molecular weight is 419 g/mol. The molecule has 4 rings (SSSR count). The Morgan fingerprint density at radius 2 is 1.73 bits per heavy atom. The summed E-state index contributed by atoms with van der Waals surface area (Å²) in [7, 11) is 4.12. The third-order valence-electron chi connectivity index (χ3n) is 5.35. The fourth-order valence-electron chi connectivity index (χ4n) is 3.77. The van der Waals surface area contributed by atoms with E-state index in [1.165, 1.54) is 28.2 Å². The van der Waals surface area contributed by atoms with E-state index in [0.29, 0.717) is 0 Å². The van der Waals surface area contributed by atoms with E-state index in [1.54, 1.807) is 0 Å². The van der Waals surface area contributed by atoms with Crippen molar-refractivity contribution in [3.8, 4) is 5.69 Å². The maximum Gasteiger partial charge on any atom is 0.0529 e. The predicted molar refractivity (Wildman–Crippen MR) is 131 cm³/mol. The van der Waals surface area contributed by atoms with Crippen molar-refractivity contribution in [2.24, 2.45) is 0 Å². The molecule has 154 valence electrons. The number of fused-ring (bicyclic) bond motifs is 1. The Morgan fingerprint density at radius 1 is 1.00 bits per heavy atom. The molecule has 2 aromatic heterocycles. The van der Waals surface area contributed by atoms with Crippen molar-refractivity contribution in [2.75, 3.05) is 23.9 Å². The van der Waals surface area contributed by atoms with Crippen LogP contribution in [0.5, 0.6) is 0 Å². The van der Waals surface area contributed by atoms with Crippen LogP contribution in [0.15, 0.2) is 73.3 Å². The Balaban J connectivity index is 0.00000256. The lowest BCUT2D eigenvalue weighted by atomic mass is 10.1. The third-order valence-corrected chi connectivity index (χ3v) is 5.35. The lowest BCUT2D eigenvalue weighted by Gasteiger charge is -2.27. The number of pyridine rings is 1. The molecule has 0 N–H and O–H groups in total. The van der Waals surface area contributed by atoms with Crippen molar-refractivity contribution in [3.05, 3.63) is 95.9 Å². The molecule has 4 nitrogen and oxygen atoms in total. The largest absolute Gasteiger partial charge is 0.378 e. The first kappa shape index (κ1) is 21.5. The van der Waals surface area contributed by atoms with Gasteiger partial charge in [0.15, 0.2) is 0 Å². The van der Waals surface area contributed by atoms with Crippen LogP contribution in [-0.4, -0.2) is 23.6 Å². The second-order valence-electron chi connectivity index (χ2n) is 7.52. The van der Waals surface area contributed by atoms with Crippen LogP contribution in [0, 0.1) is 13.8 Å². The summed E-state index contributed by atoms with van der Waals surface area (Å²) >= 11 is 0. The van der Waals surface area contributed by atoms with Gasteiger partial charge in [-0.25, -0.2) is 0 Å². The highest BCUT2D eigenvalue weighted by atomic mass is 35.5. The van der Waals surface area contributed by atoms with Gasteiger partial charge in [-0.15, -0.1) is 12.4 Å². The quantitative estimate of drug-likeness (QED) is 0.519. The Labute approximate surface area is 184 Å². The van der Waals surface area contributed by atoms with Crippen molar-refractivity contribution in [1.29, 1.82) is 0 Å². The predicted octanol–water partition coefficient (Wildman–Crippen LogP) is 5.99. The Kier molecular flexibility index (Phi) is 6.18. The zero-order valence-corrected chi connectivity index (χ0v) is 18.6. The number of anilines is 2. The third kappa shape index (κ3) is 3.91. The number of halogens is 1. The molecule has 0 bridgehead atoms. The number of hydrogen-bond acceptors (Lipinski definition) is 3. The molecule has 0 unspecified atom stereocenters. The summed E-state index contributed by atoms with van der Waals surface area (Å²) in [5, 5.41) is 0. The molecule has 0 atom stereocenters.